The zero-order chi connectivity index (χ0) is 16.7. The summed E-state index contributed by atoms with van der Waals surface area (Å²) in [6.07, 6.45) is 0. The molecule has 1 aromatic carbocycles. The van der Waals surface area contributed by atoms with Crippen LogP contribution in [-0.4, -0.2) is 20.7 Å². The lowest BCUT2D eigenvalue weighted by Crippen LogP contribution is -2.20. The molecule has 0 aliphatic heterocycles. The fourth-order valence-corrected chi connectivity index (χ4v) is 3.60. The second kappa shape index (κ2) is 5.94. The van der Waals surface area contributed by atoms with Crippen LogP contribution in [0.3, 0.4) is 0 Å². The van der Waals surface area contributed by atoms with E-state index in [0.717, 1.165) is 32.7 Å². The van der Waals surface area contributed by atoms with Gasteiger partial charge in [-0.1, -0.05) is 35.1 Å². The topological polar surface area (TPSA) is 59.8 Å². The number of benzene rings is 1. The van der Waals surface area contributed by atoms with Gasteiger partial charge in [0.05, 0.1) is 26.6 Å². The van der Waals surface area contributed by atoms with E-state index in [2.05, 4.69) is 21.5 Å². The number of fused-ring (bicyclic) bond motifs is 1. The number of nitrogens with zero attached hydrogens (tertiary/aromatic N) is 3. The Balaban J connectivity index is 1.81. The normalized spacial score (nSPS) is 11.2. The van der Waals surface area contributed by atoms with Crippen molar-refractivity contribution in [2.24, 2.45) is 0 Å². The SMILES string of the molecule is Cc1nn(CC(=O)Nc2nc3c(C)ccc(C)c3s2)c(C)c1Cl. The molecule has 5 nitrogen and oxygen atoms in total. The molecule has 0 bridgehead atoms. The third kappa shape index (κ3) is 2.96. The molecular weight excluding hydrogens is 332 g/mol. The van der Waals surface area contributed by atoms with Crippen LogP contribution in [0.4, 0.5) is 5.13 Å². The first kappa shape index (κ1) is 16.0. The van der Waals surface area contributed by atoms with Crippen molar-refractivity contribution in [3.05, 3.63) is 39.7 Å². The number of hydrogen-bond donors (Lipinski definition) is 1. The van der Waals surface area contributed by atoms with Crippen LogP contribution < -0.4 is 5.32 Å². The summed E-state index contributed by atoms with van der Waals surface area (Å²) in [6.45, 7) is 7.85. The van der Waals surface area contributed by atoms with Crippen LogP contribution in [-0.2, 0) is 11.3 Å². The maximum Gasteiger partial charge on any atom is 0.247 e. The maximum absolute atomic E-state index is 12.3. The van der Waals surface area contributed by atoms with Crippen molar-refractivity contribution >= 4 is 44.2 Å². The van der Waals surface area contributed by atoms with Crippen LogP contribution in [0, 0.1) is 27.7 Å². The fraction of sp³-hybridized carbons (Fsp3) is 0.312. The summed E-state index contributed by atoms with van der Waals surface area (Å²) in [5, 5.41) is 8.33. The molecule has 0 fully saturated rings. The summed E-state index contributed by atoms with van der Waals surface area (Å²) >= 11 is 7.60. The summed E-state index contributed by atoms with van der Waals surface area (Å²) in [7, 11) is 0. The van der Waals surface area contributed by atoms with Crippen LogP contribution in [0.15, 0.2) is 12.1 Å². The van der Waals surface area contributed by atoms with E-state index in [9.17, 15) is 4.79 Å². The molecule has 0 atom stereocenters. The second-order valence-corrected chi connectivity index (χ2v) is 6.96. The van der Waals surface area contributed by atoms with E-state index >= 15 is 0 Å². The van der Waals surface area contributed by atoms with Crippen molar-refractivity contribution in [3.63, 3.8) is 0 Å². The van der Waals surface area contributed by atoms with Gasteiger partial charge >= 0.3 is 0 Å². The highest BCUT2D eigenvalue weighted by molar-refractivity contribution is 7.22. The molecule has 1 N–H and O–H groups in total. The number of halogens is 1. The van der Waals surface area contributed by atoms with Gasteiger partial charge in [0, 0.05) is 0 Å². The molecule has 1 amide bonds. The Labute approximate surface area is 143 Å². The summed E-state index contributed by atoms with van der Waals surface area (Å²) < 4.78 is 2.71. The maximum atomic E-state index is 12.3. The van der Waals surface area contributed by atoms with Crippen molar-refractivity contribution in [1.82, 2.24) is 14.8 Å². The molecule has 3 rings (SSSR count). The standard InChI is InChI=1S/C16H17ClN4OS/c1-8-5-6-9(2)15-14(8)19-16(23-15)18-12(22)7-21-11(4)13(17)10(3)20-21/h5-6H,7H2,1-4H3,(H,18,19,22). The van der Waals surface area contributed by atoms with Gasteiger partial charge in [-0.05, 0) is 38.8 Å². The zero-order valence-corrected chi connectivity index (χ0v) is 15.0. The molecule has 0 aliphatic rings. The summed E-state index contributed by atoms with van der Waals surface area (Å²) in [4.78, 5) is 16.8. The average molecular weight is 349 g/mol. The van der Waals surface area contributed by atoms with E-state index in [1.54, 1.807) is 4.68 Å². The molecule has 7 heteroatoms. The summed E-state index contributed by atoms with van der Waals surface area (Å²) in [5.41, 5.74) is 4.72. The molecule has 2 aromatic heterocycles. The lowest BCUT2D eigenvalue weighted by molar-refractivity contribution is -0.116. The van der Waals surface area contributed by atoms with Crippen LogP contribution in [0.1, 0.15) is 22.5 Å². The highest BCUT2D eigenvalue weighted by atomic mass is 35.5. The fourth-order valence-electron chi connectivity index (χ4n) is 2.44. The van der Waals surface area contributed by atoms with Crippen molar-refractivity contribution in [2.45, 2.75) is 34.2 Å². The molecule has 3 aromatic rings. The highest BCUT2D eigenvalue weighted by Crippen LogP contribution is 2.30. The molecule has 0 saturated heterocycles. The number of aryl methyl sites for hydroxylation is 3. The number of rotatable bonds is 3. The quantitative estimate of drug-likeness (QED) is 0.777. The smallest absolute Gasteiger partial charge is 0.247 e. The van der Waals surface area contributed by atoms with Gasteiger partial charge in [-0.3, -0.25) is 9.48 Å². The van der Waals surface area contributed by atoms with Gasteiger partial charge in [0.15, 0.2) is 5.13 Å². The third-order valence-electron chi connectivity index (χ3n) is 3.78. The molecule has 23 heavy (non-hydrogen) atoms. The minimum atomic E-state index is -0.165. The predicted octanol–water partition coefficient (Wildman–Crippen LogP) is 4.02. The Morgan fingerprint density at radius 2 is 1.96 bits per heavy atom. The first-order valence-electron chi connectivity index (χ1n) is 7.23. The summed E-state index contributed by atoms with van der Waals surface area (Å²) in [6, 6.07) is 4.11. The van der Waals surface area contributed by atoms with E-state index < -0.39 is 0 Å². The Morgan fingerprint density at radius 3 is 2.57 bits per heavy atom. The molecule has 0 aliphatic carbocycles. The monoisotopic (exact) mass is 348 g/mol. The molecule has 0 unspecified atom stereocenters. The predicted molar refractivity (Wildman–Crippen MR) is 94.4 cm³/mol. The number of carbonyl (C=O) groups is 1. The number of aromatic nitrogens is 3. The number of nitrogens with one attached hydrogen (secondary N) is 1. The van der Waals surface area contributed by atoms with Crippen molar-refractivity contribution in [1.29, 1.82) is 0 Å². The molecule has 0 radical (unpaired) electrons. The Kier molecular flexibility index (Phi) is 4.12. The van der Waals surface area contributed by atoms with E-state index in [-0.39, 0.29) is 12.5 Å². The van der Waals surface area contributed by atoms with Gasteiger partial charge in [0.25, 0.3) is 0 Å². The Morgan fingerprint density at radius 1 is 1.26 bits per heavy atom. The van der Waals surface area contributed by atoms with Crippen LogP contribution in [0.5, 0.6) is 0 Å². The molecule has 0 saturated carbocycles. The largest absolute Gasteiger partial charge is 0.300 e. The van der Waals surface area contributed by atoms with Gasteiger partial charge < -0.3 is 5.32 Å². The number of anilines is 1. The highest BCUT2D eigenvalue weighted by Gasteiger charge is 2.14. The second-order valence-electron chi connectivity index (χ2n) is 5.59. The van der Waals surface area contributed by atoms with Gasteiger partial charge in [-0.2, -0.15) is 5.10 Å². The molecule has 120 valence electrons. The van der Waals surface area contributed by atoms with Gasteiger partial charge in [-0.25, -0.2) is 4.98 Å². The van der Waals surface area contributed by atoms with Crippen LogP contribution >= 0.6 is 22.9 Å². The van der Waals surface area contributed by atoms with Gasteiger partial charge in [0.1, 0.15) is 6.54 Å². The number of thiazole rings is 1. The van der Waals surface area contributed by atoms with E-state index in [1.165, 1.54) is 11.3 Å². The number of amides is 1. The van der Waals surface area contributed by atoms with Crippen molar-refractivity contribution in [2.75, 3.05) is 5.32 Å². The molecule has 0 spiro atoms. The number of carbonyl (C=O) groups excluding carboxylic acids is 1. The van der Waals surface area contributed by atoms with Crippen LogP contribution in [0.25, 0.3) is 10.2 Å². The average Bonchev–Trinajstić information content (AvgIpc) is 3.02. The molecular formula is C16H17ClN4OS. The van der Waals surface area contributed by atoms with E-state index in [4.69, 9.17) is 11.6 Å². The van der Waals surface area contributed by atoms with Crippen molar-refractivity contribution < 1.29 is 4.79 Å². The van der Waals surface area contributed by atoms with E-state index in [1.807, 2.05) is 33.8 Å². The molecule has 2 heterocycles. The number of hydrogen-bond acceptors (Lipinski definition) is 4. The van der Waals surface area contributed by atoms with Crippen LogP contribution in [0.2, 0.25) is 5.02 Å². The van der Waals surface area contributed by atoms with E-state index in [0.29, 0.717) is 10.2 Å². The summed E-state index contributed by atoms with van der Waals surface area (Å²) in [5.74, 6) is -0.165. The Hall–Kier alpha value is -1.92. The van der Waals surface area contributed by atoms with Gasteiger partial charge in [0.2, 0.25) is 5.91 Å². The lowest BCUT2D eigenvalue weighted by atomic mass is 10.1. The zero-order valence-electron chi connectivity index (χ0n) is 13.4. The first-order valence-corrected chi connectivity index (χ1v) is 8.42. The van der Waals surface area contributed by atoms with Gasteiger partial charge in [-0.15, -0.1) is 0 Å². The lowest BCUT2D eigenvalue weighted by Gasteiger charge is -2.04. The minimum absolute atomic E-state index is 0.118. The Bertz CT molecular complexity index is 874. The first-order chi connectivity index (χ1) is 10.9. The minimum Gasteiger partial charge on any atom is -0.300 e. The van der Waals surface area contributed by atoms with Crippen molar-refractivity contribution in [3.8, 4) is 0 Å². The third-order valence-corrected chi connectivity index (χ3v) is 5.43.